The monoisotopic (exact) mass is 196 g/mol. The molecule has 1 rings (SSSR count). The quantitative estimate of drug-likeness (QED) is 0.553. The van der Waals surface area contributed by atoms with Crippen LogP contribution in [0.15, 0.2) is 0 Å². The Morgan fingerprint density at radius 1 is 1.00 bits per heavy atom. The molecule has 14 heavy (non-hydrogen) atoms. The summed E-state index contributed by atoms with van der Waals surface area (Å²) in [5.41, 5.74) is 0. The van der Waals surface area contributed by atoms with Gasteiger partial charge in [0.25, 0.3) is 0 Å². The van der Waals surface area contributed by atoms with Gasteiger partial charge in [-0.1, -0.05) is 65.7 Å². The first kappa shape index (κ1) is 12.1. The van der Waals surface area contributed by atoms with Crippen molar-refractivity contribution in [3.05, 3.63) is 0 Å². The standard InChI is InChI=1S/C14H28/c1-4-14(12(2)3)11-13-9-7-5-6-8-10-13/h12-14H,4-11H2,1-3H3. The lowest BCUT2D eigenvalue weighted by molar-refractivity contribution is 0.271. The van der Waals surface area contributed by atoms with Crippen LogP contribution in [0.1, 0.15) is 72.1 Å². The van der Waals surface area contributed by atoms with Gasteiger partial charge in [-0.05, 0) is 24.2 Å². The van der Waals surface area contributed by atoms with Crippen molar-refractivity contribution in [2.24, 2.45) is 17.8 Å². The lowest BCUT2D eigenvalue weighted by Crippen LogP contribution is -2.13. The Labute approximate surface area is 90.5 Å². The number of hydrogen-bond donors (Lipinski definition) is 0. The molecule has 0 heteroatoms. The summed E-state index contributed by atoms with van der Waals surface area (Å²) < 4.78 is 0. The van der Waals surface area contributed by atoms with Gasteiger partial charge in [-0.3, -0.25) is 0 Å². The zero-order valence-corrected chi connectivity index (χ0v) is 10.4. The van der Waals surface area contributed by atoms with E-state index in [-0.39, 0.29) is 0 Å². The SMILES string of the molecule is CCC(CC1CCCCCC1)C(C)C. The average molecular weight is 196 g/mol. The van der Waals surface area contributed by atoms with Crippen LogP contribution >= 0.6 is 0 Å². The van der Waals surface area contributed by atoms with E-state index in [9.17, 15) is 0 Å². The minimum atomic E-state index is 0.892. The molecule has 0 nitrogen and oxygen atoms in total. The van der Waals surface area contributed by atoms with Crippen LogP contribution in [-0.2, 0) is 0 Å². The highest BCUT2D eigenvalue weighted by Crippen LogP contribution is 2.31. The molecule has 0 spiro atoms. The molecule has 0 aliphatic heterocycles. The molecule has 0 aromatic carbocycles. The molecule has 1 atom stereocenters. The fourth-order valence-corrected chi connectivity index (χ4v) is 2.94. The highest BCUT2D eigenvalue weighted by molar-refractivity contribution is 4.70. The third-order valence-electron chi connectivity index (χ3n) is 4.08. The van der Waals surface area contributed by atoms with Gasteiger partial charge in [-0.25, -0.2) is 0 Å². The van der Waals surface area contributed by atoms with E-state index in [2.05, 4.69) is 20.8 Å². The van der Waals surface area contributed by atoms with Gasteiger partial charge in [0.15, 0.2) is 0 Å². The van der Waals surface area contributed by atoms with Crippen molar-refractivity contribution >= 4 is 0 Å². The predicted octanol–water partition coefficient (Wildman–Crippen LogP) is 5.03. The average Bonchev–Trinajstić information content (AvgIpc) is 2.41. The summed E-state index contributed by atoms with van der Waals surface area (Å²) in [7, 11) is 0. The van der Waals surface area contributed by atoms with E-state index < -0.39 is 0 Å². The van der Waals surface area contributed by atoms with Crippen molar-refractivity contribution in [2.75, 3.05) is 0 Å². The maximum Gasteiger partial charge on any atom is -0.0391 e. The van der Waals surface area contributed by atoms with Gasteiger partial charge in [-0.15, -0.1) is 0 Å². The van der Waals surface area contributed by atoms with E-state index in [0.717, 1.165) is 17.8 Å². The van der Waals surface area contributed by atoms with Crippen molar-refractivity contribution in [3.63, 3.8) is 0 Å². The van der Waals surface area contributed by atoms with Gasteiger partial charge in [0.2, 0.25) is 0 Å². The van der Waals surface area contributed by atoms with E-state index in [1.165, 1.54) is 51.4 Å². The largest absolute Gasteiger partial charge is 0.0651 e. The van der Waals surface area contributed by atoms with Crippen LogP contribution in [-0.4, -0.2) is 0 Å². The second-order valence-electron chi connectivity index (χ2n) is 5.51. The minimum Gasteiger partial charge on any atom is -0.0651 e. The fourth-order valence-electron chi connectivity index (χ4n) is 2.94. The number of rotatable bonds is 4. The van der Waals surface area contributed by atoms with Crippen LogP contribution in [0.25, 0.3) is 0 Å². The third-order valence-corrected chi connectivity index (χ3v) is 4.08. The highest BCUT2D eigenvalue weighted by Gasteiger charge is 2.18. The van der Waals surface area contributed by atoms with Gasteiger partial charge >= 0.3 is 0 Å². The van der Waals surface area contributed by atoms with Crippen LogP contribution in [0.3, 0.4) is 0 Å². The van der Waals surface area contributed by atoms with E-state index >= 15 is 0 Å². The van der Waals surface area contributed by atoms with Gasteiger partial charge in [0.05, 0.1) is 0 Å². The van der Waals surface area contributed by atoms with Crippen molar-refractivity contribution in [1.29, 1.82) is 0 Å². The van der Waals surface area contributed by atoms with Crippen LogP contribution in [0.4, 0.5) is 0 Å². The highest BCUT2D eigenvalue weighted by atomic mass is 14.2. The third kappa shape index (κ3) is 4.02. The topological polar surface area (TPSA) is 0 Å². The molecule has 0 N–H and O–H groups in total. The first-order chi connectivity index (χ1) is 6.74. The lowest BCUT2D eigenvalue weighted by Gasteiger charge is -2.24. The molecule has 84 valence electrons. The van der Waals surface area contributed by atoms with E-state index in [1.54, 1.807) is 0 Å². The Balaban J connectivity index is 2.32. The summed E-state index contributed by atoms with van der Waals surface area (Å²) in [5, 5.41) is 0. The molecule has 0 aromatic rings. The van der Waals surface area contributed by atoms with Crippen molar-refractivity contribution in [3.8, 4) is 0 Å². The molecular weight excluding hydrogens is 168 g/mol. The molecule has 1 unspecified atom stereocenters. The Morgan fingerprint density at radius 3 is 2.00 bits per heavy atom. The van der Waals surface area contributed by atoms with Gasteiger partial charge < -0.3 is 0 Å². The van der Waals surface area contributed by atoms with Crippen LogP contribution < -0.4 is 0 Å². The fraction of sp³-hybridized carbons (Fsp3) is 1.00. The van der Waals surface area contributed by atoms with E-state index in [4.69, 9.17) is 0 Å². The summed E-state index contributed by atoms with van der Waals surface area (Å²) in [6, 6.07) is 0. The predicted molar refractivity (Wildman–Crippen MR) is 64.4 cm³/mol. The molecule has 0 bridgehead atoms. The van der Waals surface area contributed by atoms with Crippen LogP contribution in [0.2, 0.25) is 0 Å². The summed E-state index contributed by atoms with van der Waals surface area (Å²) in [5.74, 6) is 2.94. The number of hydrogen-bond acceptors (Lipinski definition) is 0. The summed E-state index contributed by atoms with van der Waals surface area (Å²) in [4.78, 5) is 0. The van der Waals surface area contributed by atoms with Crippen molar-refractivity contribution < 1.29 is 0 Å². The molecule has 0 radical (unpaired) electrons. The van der Waals surface area contributed by atoms with E-state index in [0.29, 0.717) is 0 Å². The molecular formula is C14H28. The Morgan fingerprint density at radius 2 is 1.57 bits per heavy atom. The smallest absolute Gasteiger partial charge is 0.0391 e. The molecule has 0 amide bonds. The van der Waals surface area contributed by atoms with Gasteiger partial charge in [0, 0.05) is 0 Å². The molecule has 1 fully saturated rings. The van der Waals surface area contributed by atoms with Crippen molar-refractivity contribution in [1.82, 2.24) is 0 Å². The normalized spacial score (nSPS) is 22.3. The molecule has 1 saturated carbocycles. The Hall–Kier alpha value is 0. The molecule has 0 heterocycles. The minimum absolute atomic E-state index is 0.892. The Bertz CT molecular complexity index is 129. The zero-order chi connectivity index (χ0) is 10.4. The first-order valence-corrected chi connectivity index (χ1v) is 6.74. The lowest BCUT2D eigenvalue weighted by atomic mass is 9.82. The molecule has 1 aliphatic carbocycles. The molecule has 1 aliphatic rings. The Kier molecular flexibility index (Phi) is 5.59. The second-order valence-corrected chi connectivity index (χ2v) is 5.51. The summed E-state index contributed by atoms with van der Waals surface area (Å²) in [6.07, 6.45) is 11.9. The second kappa shape index (κ2) is 6.48. The summed E-state index contributed by atoms with van der Waals surface area (Å²) in [6.45, 7) is 7.15. The first-order valence-electron chi connectivity index (χ1n) is 6.74. The van der Waals surface area contributed by atoms with Crippen molar-refractivity contribution in [2.45, 2.75) is 72.1 Å². The molecule has 0 saturated heterocycles. The maximum atomic E-state index is 2.39. The maximum absolute atomic E-state index is 2.39. The van der Waals surface area contributed by atoms with Gasteiger partial charge in [0.1, 0.15) is 0 Å². The van der Waals surface area contributed by atoms with Crippen LogP contribution in [0.5, 0.6) is 0 Å². The van der Waals surface area contributed by atoms with Gasteiger partial charge in [-0.2, -0.15) is 0 Å². The van der Waals surface area contributed by atoms with Crippen LogP contribution in [0, 0.1) is 17.8 Å². The molecule has 0 aromatic heterocycles. The van der Waals surface area contributed by atoms with E-state index in [1.807, 2.05) is 0 Å². The zero-order valence-electron chi connectivity index (χ0n) is 10.4. The summed E-state index contributed by atoms with van der Waals surface area (Å²) >= 11 is 0.